The van der Waals surface area contributed by atoms with E-state index in [0.717, 1.165) is 83.5 Å². The molecule has 0 spiro atoms. The zero-order valence-electron chi connectivity index (χ0n) is 42.3. The molecule has 1 unspecified atom stereocenters. The average molecular weight is 891 g/mol. The van der Waals surface area contributed by atoms with Crippen LogP contribution >= 0.6 is 0 Å². The maximum absolute atomic E-state index is 12.8. The Hall–Kier alpha value is -2.92. The normalized spacial score (nSPS) is 12.9. The highest BCUT2D eigenvalue weighted by Gasteiger charge is 2.17. The summed E-state index contributed by atoms with van der Waals surface area (Å²) in [7, 11) is 0. The molecule has 0 rings (SSSR count). The zero-order valence-corrected chi connectivity index (χ0v) is 42.3. The molecule has 5 nitrogen and oxygen atoms in total. The number of hydrogen-bond acceptors (Lipinski definition) is 5. The van der Waals surface area contributed by atoms with Crippen LogP contribution in [0.3, 0.4) is 0 Å². The minimum atomic E-state index is -0.567. The Morgan fingerprint density at radius 3 is 1.23 bits per heavy atom. The first kappa shape index (κ1) is 61.1. The number of ether oxygens (including phenoxy) is 3. The number of carbonyl (C=O) groups excluding carboxylic acids is 2. The van der Waals surface area contributed by atoms with Gasteiger partial charge in [-0.1, -0.05) is 221 Å². The van der Waals surface area contributed by atoms with Crippen molar-refractivity contribution in [1.29, 1.82) is 0 Å². The number of allylic oxidation sites excluding steroid dienone is 14. The fourth-order valence-corrected chi connectivity index (χ4v) is 7.34. The number of unbranched alkanes of at least 4 members (excludes halogenated alkanes) is 24. The first-order valence-corrected chi connectivity index (χ1v) is 27.1. The second-order valence-corrected chi connectivity index (χ2v) is 17.7. The second-order valence-electron chi connectivity index (χ2n) is 17.7. The van der Waals surface area contributed by atoms with E-state index in [0.29, 0.717) is 19.4 Å². The van der Waals surface area contributed by atoms with Crippen LogP contribution in [0, 0.1) is 0 Å². The van der Waals surface area contributed by atoms with Crippen LogP contribution in [0.15, 0.2) is 85.1 Å². The summed E-state index contributed by atoms with van der Waals surface area (Å²) in [5.41, 5.74) is 0. The highest BCUT2D eigenvalue weighted by Crippen LogP contribution is 2.14. The summed E-state index contributed by atoms with van der Waals surface area (Å²) in [6.45, 7) is 7.61. The van der Waals surface area contributed by atoms with Gasteiger partial charge in [0.15, 0.2) is 6.10 Å². The van der Waals surface area contributed by atoms with Crippen molar-refractivity contribution in [2.24, 2.45) is 0 Å². The van der Waals surface area contributed by atoms with Crippen LogP contribution in [-0.2, 0) is 23.8 Å². The molecule has 64 heavy (non-hydrogen) atoms. The predicted molar refractivity (Wildman–Crippen MR) is 279 cm³/mol. The fraction of sp³-hybridized carbons (Fsp3) is 0.729. The van der Waals surface area contributed by atoms with E-state index in [9.17, 15) is 9.59 Å². The molecule has 0 saturated carbocycles. The van der Waals surface area contributed by atoms with Gasteiger partial charge in [0.25, 0.3) is 0 Å². The van der Waals surface area contributed by atoms with E-state index in [2.05, 4.69) is 106 Å². The van der Waals surface area contributed by atoms with Crippen LogP contribution < -0.4 is 0 Å². The second kappa shape index (κ2) is 54.4. The fourth-order valence-electron chi connectivity index (χ4n) is 7.34. The highest BCUT2D eigenvalue weighted by atomic mass is 16.6. The molecule has 0 aromatic heterocycles. The molecule has 5 heteroatoms. The van der Waals surface area contributed by atoms with Gasteiger partial charge in [-0.05, 0) is 103 Å². The molecule has 1 atom stereocenters. The lowest BCUT2D eigenvalue weighted by atomic mass is 10.1. The minimum absolute atomic E-state index is 0.0496. The van der Waals surface area contributed by atoms with E-state index < -0.39 is 6.10 Å². The first-order chi connectivity index (χ1) is 31.6. The monoisotopic (exact) mass is 891 g/mol. The molecule has 368 valence electrons. The van der Waals surface area contributed by atoms with Crippen LogP contribution in [0.1, 0.15) is 252 Å². The Kier molecular flexibility index (Phi) is 51.9. The van der Waals surface area contributed by atoms with Crippen molar-refractivity contribution in [3.8, 4) is 0 Å². The van der Waals surface area contributed by atoms with Gasteiger partial charge in [-0.15, -0.1) is 0 Å². The van der Waals surface area contributed by atoms with Gasteiger partial charge in [0.2, 0.25) is 0 Å². The maximum atomic E-state index is 12.8. The van der Waals surface area contributed by atoms with Crippen molar-refractivity contribution in [2.45, 2.75) is 258 Å². The summed E-state index contributed by atoms with van der Waals surface area (Å²) in [6, 6.07) is 0. The van der Waals surface area contributed by atoms with Crippen LogP contribution in [0.4, 0.5) is 0 Å². The van der Waals surface area contributed by atoms with Gasteiger partial charge in [-0.2, -0.15) is 0 Å². The van der Waals surface area contributed by atoms with E-state index in [1.54, 1.807) is 0 Å². The molecule has 0 saturated heterocycles. The molecular formula is C59H102O5. The van der Waals surface area contributed by atoms with Crippen molar-refractivity contribution in [1.82, 2.24) is 0 Å². The van der Waals surface area contributed by atoms with E-state index in [1.165, 1.54) is 135 Å². The molecule has 0 radical (unpaired) electrons. The first-order valence-electron chi connectivity index (χ1n) is 27.1. The Bertz CT molecular complexity index is 1190. The summed E-state index contributed by atoms with van der Waals surface area (Å²) >= 11 is 0. The molecule has 0 fully saturated rings. The molecule has 0 aromatic rings. The van der Waals surface area contributed by atoms with Crippen molar-refractivity contribution in [3.05, 3.63) is 85.1 Å². The molecule has 0 aliphatic rings. The van der Waals surface area contributed by atoms with Gasteiger partial charge < -0.3 is 14.2 Å². The van der Waals surface area contributed by atoms with Gasteiger partial charge in [0.1, 0.15) is 6.61 Å². The van der Waals surface area contributed by atoms with Crippen LogP contribution in [-0.4, -0.2) is 37.9 Å². The van der Waals surface area contributed by atoms with Gasteiger partial charge in [-0.25, -0.2) is 0 Å². The van der Waals surface area contributed by atoms with Crippen LogP contribution in [0.25, 0.3) is 0 Å². The van der Waals surface area contributed by atoms with Crippen molar-refractivity contribution >= 4 is 11.9 Å². The minimum Gasteiger partial charge on any atom is -0.462 e. The maximum Gasteiger partial charge on any atom is 0.306 e. The lowest BCUT2D eigenvalue weighted by molar-refractivity contribution is -0.163. The highest BCUT2D eigenvalue weighted by molar-refractivity contribution is 5.70. The molecule has 0 heterocycles. The SMILES string of the molecule is CC/C=C\C/C=C\C/C=C\C/C=C\C/C=C\CCCC(=O)OCC(COCCCCCCCCCCCC/C=C\CCCCCCCC)OC(=O)CCCCCCC/C=C\CCCC. The van der Waals surface area contributed by atoms with Gasteiger partial charge >= 0.3 is 11.9 Å². The van der Waals surface area contributed by atoms with Gasteiger partial charge in [0, 0.05) is 19.4 Å². The number of esters is 2. The van der Waals surface area contributed by atoms with E-state index in [-0.39, 0.29) is 25.2 Å². The number of rotatable bonds is 49. The molecule has 0 N–H and O–H groups in total. The molecular weight excluding hydrogens is 789 g/mol. The predicted octanol–water partition coefficient (Wildman–Crippen LogP) is 18.5. The Balaban J connectivity index is 4.29. The van der Waals surface area contributed by atoms with Gasteiger partial charge in [0.05, 0.1) is 6.61 Å². The summed E-state index contributed by atoms with van der Waals surface area (Å²) < 4.78 is 17.4. The smallest absolute Gasteiger partial charge is 0.306 e. The van der Waals surface area contributed by atoms with Crippen molar-refractivity contribution in [3.63, 3.8) is 0 Å². The standard InChI is InChI=1S/C59H102O5/c1-4-7-10-13-16-19-22-24-26-28-29-30-32-34-36-39-42-45-48-51-54-62-55-57(64-59(61)53-50-47-44-41-37-21-18-15-12-9-6-3)56-63-58(60)52-49-46-43-40-38-35-33-31-27-25-23-20-17-14-11-8-5-2/h8,11,15,17-18,20,24-27,33,35,40,43,57H,4-7,9-10,12-14,16,19,21-23,28-32,34,36-39,41-42,44-56H2,1-3H3/b11-8-,18-15-,20-17-,26-24-,27-25-,35-33-,43-40-. The lowest BCUT2D eigenvalue weighted by Crippen LogP contribution is -2.30. The van der Waals surface area contributed by atoms with E-state index in [4.69, 9.17) is 14.2 Å². The third kappa shape index (κ3) is 51.7. The van der Waals surface area contributed by atoms with Crippen LogP contribution in [0.2, 0.25) is 0 Å². The Labute approximate surface area is 397 Å². The molecule has 0 amide bonds. The Morgan fingerprint density at radius 1 is 0.359 bits per heavy atom. The van der Waals surface area contributed by atoms with Crippen molar-refractivity contribution in [2.75, 3.05) is 19.8 Å². The largest absolute Gasteiger partial charge is 0.462 e. The molecule has 0 aliphatic carbocycles. The number of carbonyl (C=O) groups is 2. The molecule has 0 aromatic carbocycles. The quantitative estimate of drug-likeness (QED) is 0.0346. The third-order valence-electron chi connectivity index (χ3n) is 11.4. The van der Waals surface area contributed by atoms with Crippen LogP contribution in [0.5, 0.6) is 0 Å². The summed E-state index contributed by atoms with van der Waals surface area (Å²) in [5, 5.41) is 0. The van der Waals surface area contributed by atoms with Gasteiger partial charge in [-0.3, -0.25) is 9.59 Å². The molecule has 0 bridgehead atoms. The molecule has 0 aliphatic heterocycles. The number of hydrogen-bond donors (Lipinski definition) is 0. The average Bonchev–Trinajstić information content (AvgIpc) is 3.30. The zero-order chi connectivity index (χ0) is 46.3. The topological polar surface area (TPSA) is 61.8 Å². The summed E-state index contributed by atoms with van der Waals surface area (Å²) in [6.07, 6.45) is 71.8. The van der Waals surface area contributed by atoms with Crippen molar-refractivity contribution < 1.29 is 23.8 Å². The summed E-state index contributed by atoms with van der Waals surface area (Å²) in [5.74, 6) is -0.475. The van der Waals surface area contributed by atoms with E-state index >= 15 is 0 Å². The van der Waals surface area contributed by atoms with E-state index in [1.807, 2.05) is 0 Å². The third-order valence-corrected chi connectivity index (χ3v) is 11.4. The lowest BCUT2D eigenvalue weighted by Gasteiger charge is -2.18. The Morgan fingerprint density at radius 2 is 0.734 bits per heavy atom. The summed E-state index contributed by atoms with van der Waals surface area (Å²) in [4.78, 5) is 25.4.